The molecule has 6 N–H and O–H groups in total. The van der Waals surface area contributed by atoms with E-state index in [0.717, 1.165) is 16.8 Å². The van der Waals surface area contributed by atoms with Gasteiger partial charge < -0.3 is 46.3 Å². The molecule has 0 aliphatic carbocycles. The minimum absolute atomic E-state index is 0.314. The van der Waals surface area contributed by atoms with Crippen molar-refractivity contribution in [1.29, 1.82) is 0 Å². The number of carbonyl (C=O) groups excluding carboxylic acids is 6. The number of methoxy groups -OCH3 is 2. The maximum absolute atomic E-state index is 13.9. The maximum atomic E-state index is 13.9. The number of para-hydroxylation sites is 1. The highest BCUT2D eigenvalue weighted by molar-refractivity contribution is 5.96. The van der Waals surface area contributed by atoms with Gasteiger partial charge in [-0.05, 0) is 72.9 Å². The van der Waals surface area contributed by atoms with E-state index in [1.807, 2.05) is 92.7 Å². The van der Waals surface area contributed by atoms with Crippen molar-refractivity contribution in [3.05, 3.63) is 101 Å². The summed E-state index contributed by atoms with van der Waals surface area (Å²) in [5, 5.41) is 5.24. The monoisotopic (exact) mass is 811 g/mol. The van der Waals surface area contributed by atoms with Crippen LogP contribution < -0.4 is 27.0 Å². The Morgan fingerprint density at radius 3 is 1.37 bits per heavy atom. The van der Waals surface area contributed by atoms with E-state index >= 15 is 0 Å². The standard InChI is InChI=1S/C44H57N7O8/c1-5-12-35(47-41(56)58-3)37(52)50-26-10-24-43(50,39(45)54)32-20-16-30(17-21-32)28-49(34-14-8-7-9-15-34)29-31-18-22-33(23-19-31)44(40(46)55)25-11-27-51(44)38(53)36(13-6-2)48-42(57)59-4/h7-9,14-23,35-36H,5-6,10-13,24-29H2,1-4H3,(H2,45,54)(H2,46,55)(H,47,56)(H,48,57)/t35-,36-,43-,44-/m0/s1. The molecule has 0 aromatic heterocycles. The molecular weight excluding hydrogens is 755 g/mol. The lowest BCUT2D eigenvalue weighted by molar-refractivity contribution is -0.145. The predicted octanol–water partition coefficient (Wildman–Crippen LogP) is 4.55. The van der Waals surface area contributed by atoms with Gasteiger partial charge in [0.25, 0.3) is 0 Å². The Labute approximate surface area is 345 Å². The molecule has 15 heteroatoms. The Morgan fingerprint density at radius 2 is 1.03 bits per heavy atom. The third-order valence-electron chi connectivity index (χ3n) is 11.5. The van der Waals surface area contributed by atoms with Gasteiger partial charge >= 0.3 is 12.2 Å². The molecule has 5 rings (SSSR count). The van der Waals surface area contributed by atoms with E-state index in [4.69, 9.17) is 20.9 Å². The minimum Gasteiger partial charge on any atom is -0.453 e. The highest BCUT2D eigenvalue weighted by atomic mass is 16.5. The van der Waals surface area contributed by atoms with Crippen molar-refractivity contribution in [1.82, 2.24) is 20.4 Å². The number of nitrogens with zero attached hydrogens (tertiary/aromatic N) is 3. The number of nitrogens with one attached hydrogen (secondary N) is 2. The quantitative estimate of drug-likeness (QED) is 0.151. The molecule has 2 fully saturated rings. The summed E-state index contributed by atoms with van der Waals surface area (Å²) in [7, 11) is 2.47. The second-order valence-electron chi connectivity index (χ2n) is 15.2. The molecule has 15 nitrogen and oxygen atoms in total. The van der Waals surface area contributed by atoms with E-state index in [-0.39, 0.29) is 11.8 Å². The topological polar surface area (TPSA) is 207 Å². The van der Waals surface area contributed by atoms with Gasteiger partial charge in [0.2, 0.25) is 23.6 Å². The highest BCUT2D eigenvalue weighted by Crippen LogP contribution is 2.41. The van der Waals surface area contributed by atoms with Crippen molar-refractivity contribution >= 4 is 41.5 Å². The van der Waals surface area contributed by atoms with Crippen LogP contribution in [0, 0.1) is 0 Å². The number of primary amides is 2. The largest absolute Gasteiger partial charge is 0.453 e. The van der Waals surface area contributed by atoms with Crippen LogP contribution in [0.5, 0.6) is 0 Å². The number of benzene rings is 3. The molecule has 0 saturated carbocycles. The molecule has 3 aromatic rings. The van der Waals surface area contributed by atoms with Crippen LogP contribution in [0.3, 0.4) is 0 Å². The molecule has 2 aliphatic heterocycles. The van der Waals surface area contributed by atoms with Crippen LogP contribution in [0.1, 0.15) is 87.5 Å². The Hall–Kier alpha value is -6.12. The molecule has 2 saturated heterocycles. The summed E-state index contributed by atoms with van der Waals surface area (Å²) in [6.45, 7) is 5.41. The fourth-order valence-corrected chi connectivity index (χ4v) is 8.59. The van der Waals surface area contributed by atoms with E-state index in [0.29, 0.717) is 88.7 Å². The Morgan fingerprint density at radius 1 is 0.644 bits per heavy atom. The fraction of sp³-hybridized carbons (Fsp3) is 0.455. The summed E-state index contributed by atoms with van der Waals surface area (Å²) < 4.78 is 9.51. The second-order valence-corrected chi connectivity index (χ2v) is 15.2. The van der Waals surface area contributed by atoms with Gasteiger partial charge in [0.1, 0.15) is 23.2 Å². The Balaban J connectivity index is 1.39. The molecular formula is C44H57N7O8. The van der Waals surface area contributed by atoms with Crippen LogP contribution in [-0.2, 0) is 52.8 Å². The SMILES string of the molecule is CCC[C@H](NC(=O)OC)C(=O)N1CCC[C@@]1(C(N)=O)c1ccc(CN(Cc2ccc([C@]3(C(N)=O)CCCN3C(=O)[C@H](CCC)NC(=O)OC)cc2)c2ccccc2)cc1. The average Bonchev–Trinajstić information content (AvgIpc) is 3.91. The molecule has 2 heterocycles. The van der Waals surface area contributed by atoms with Gasteiger partial charge in [-0.25, -0.2) is 9.59 Å². The first-order valence-corrected chi connectivity index (χ1v) is 20.3. The van der Waals surface area contributed by atoms with Gasteiger partial charge in [0.05, 0.1) is 14.2 Å². The maximum Gasteiger partial charge on any atom is 0.407 e. The molecule has 4 atom stereocenters. The van der Waals surface area contributed by atoms with Gasteiger partial charge in [0.15, 0.2) is 0 Å². The lowest BCUT2D eigenvalue weighted by Crippen LogP contribution is -2.58. The first-order valence-electron chi connectivity index (χ1n) is 20.3. The zero-order chi connectivity index (χ0) is 42.7. The molecule has 316 valence electrons. The van der Waals surface area contributed by atoms with Gasteiger partial charge in [0, 0.05) is 31.9 Å². The van der Waals surface area contributed by atoms with Crippen LogP contribution in [0.25, 0.3) is 0 Å². The molecule has 3 aromatic carbocycles. The van der Waals surface area contributed by atoms with Crippen molar-refractivity contribution in [3.8, 4) is 0 Å². The lowest BCUT2D eigenvalue weighted by Gasteiger charge is -2.38. The van der Waals surface area contributed by atoms with E-state index in [2.05, 4.69) is 15.5 Å². The van der Waals surface area contributed by atoms with Gasteiger partial charge in [-0.3, -0.25) is 19.2 Å². The van der Waals surface area contributed by atoms with Crippen molar-refractivity contribution < 1.29 is 38.2 Å². The second kappa shape index (κ2) is 19.6. The molecule has 0 spiro atoms. The van der Waals surface area contributed by atoms with Gasteiger partial charge in [-0.2, -0.15) is 0 Å². The molecule has 0 radical (unpaired) electrons. The minimum atomic E-state index is -1.38. The molecule has 2 aliphatic rings. The van der Waals surface area contributed by atoms with Crippen LogP contribution >= 0.6 is 0 Å². The van der Waals surface area contributed by atoms with E-state index in [1.165, 1.54) is 24.0 Å². The van der Waals surface area contributed by atoms with Crippen LogP contribution in [0.15, 0.2) is 78.9 Å². The molecule has 6 amide bonds. The average molecular weight is 812 g/mol. The highest BCUT2D eigenvalue weighted by Gasteiger charge is 2.52. The summed E-state index contributed by atoms with van der Waals surface area (Å²) in [6.07, 6.45) is 2.37. The number of hydrogen-bond acceptors (Lipinski definition) is 9. The smallest absolute Gasteiger partial charge is 0.407 e. The zero-order valence-corrected chi connectivity index (χ0v) is 34.4. The number of alkyl carbamates (subject to hydrolysis) is 2. The third-order valence-corrected chi connectivity index (χ3v) is 11.5. The lowest BCUT2D eigenvalue weighted by atomic mass is 9.85. The van der Waals surface area contributed by atoms with Gasteiger partial charge in [-0.15, -0.1) is 0 Å². The summed E-state index contributed by atoms with van der Waals surface area (Å²) in [5.74, 6) is -2.05. The Bertz CT molecular complexity index is 1840. The zero-order valence-electron chi connectivity index (χ0n) is 34.4. The predicted molar refractivity (Wildman–Crippen MR) is 221 cm³/mol. The number of likely N-dealkylation sites (tertiary alicyclic amines) is 2. The summed E-state index contributed by atoms with van der Waals surface area (Å²) in [6, 6.07) is 23.2. The Kier molecular flexibility index (Phi) is 14.6. The number of ether oxygens (including phenoxy) is 2. The number of anilines is 1. The number of hydrogen-bond donors (Lipinski definition) is 4. The summed E-state index contributed by atoms with van der Waals surface area (Å²) in [5.41, 5.74) is 13.5. The molecule has 0 bridgehead atoms. The van der Waals surface area contributed by atoms with Crippen molar-refractivity contribution in [2.45, 2.75) is 101 Å². The van der Waals surface area contributed by atoms with E-state index in [1.54, 1.807) is 0 Å². The normalized spacial score (nSPS) is 19.7. The van der Waals surface area contributed by atoms with Crippen molar-refractivity contribution in [3.63, 3.8) is 0 Å². The first kappa shape index (κ1) is 44.0. The van der Waals surface area contributed by atoms with Crippen molar-refractivity contribution in [2.24, 2.45) is 11.5 Å². The third kappa shape index (κ3) is 9.29. The van der Waals surface area contributed by atoms with Gasteiger partial charge in [-0.1, -0.05) is 93.4 Å². The summed E-state index contributed by atoms with van der Waals surface area (Å²) >= 11 is 0. The number of nitrogens with two attached hydrogens (primary N) is 2. The number of rotatable bonds is 17. The van der Waals surface area contributed by atoms with E-state index in [9.17, 15) is 28.8 Å². The fourth-order valence-electron chi connectivity index (χ4n) is 8.59. The van der Waals surface area contributed by atoms with Crippen LogP contribution in [0.4, 0.5) is 15.3 Å². The number of carbonyl (C=O) groups is 6. The molecule has 59 heavy (non-hydrogen) atoms. The summed E-state index contributed by atoms with van der Waals surface area (Å²) in [4.78, 5) is 83.8. The van der Waals surface area contributed by atoms with Crippen LogP contribution in [0.2, 0.25) is 0 Å². The van der Waals surface area contributed by atoms with Crippen molar-refractivity contribution in [2.75, 3.05) is 32.2 Å². The number of amides is 6. The van der Waals surface area contributed by atoms with Crippen LogP contribution in [-0.4, -0.2) is 85.0 Å². The van der Waals surface area contributed by atoms with E-state index < -0.39 is 47.2 Å². The first-order chi connectivity index (χ1) is 28.4. The molecule has 0 unspecified atom stereocenters.